The Kier molecular flexibility index (Phi) is 4.37. The second-order valence-electron chi connectivity index (χ2n) is 3.38. The van der Waals surface area contributed by atoms with Gasteiger partial charge in [-0.05, 0) is 13.0 Å². The lowest BCUT2D eigenvalue weighted by atomic mass is 10.1. The maximum absolute atomic E-state index is 12.6. The zero-order valence-corrected chi connectivity index (χ0v) is 9.79. The van der Waals surface area contributed by atoms with Crippen molar-refractivity contribution in [2.75, 3.05) is 14.2 Å². The third-order valence-corrected chi connectivity index (χ3v) is 2.23. The van der Waals surface area contributed by atoms with Gasteiger partial charge in [0.1, 0.15) is 11.4 Å². The summed E-state index contributed by atoms with van der Waals surface area (Å²) in [6.45, 7) is 1.55. The highest BCUT2D eigenvalue weighted by Crippen LogP contribution is 2.27. The van der Waals surface area contributed by atoms with Gasteiger partial charge in [0.2, 0.25) is 0 Å². The first-order chi connectivity index (χ1) is 7.99. The minimum Gasteiger partial charge on any atom is -0.495 e. The van der Waals surface area contributed by atoms with Crippen molar-refractivity contribution in [3.8, 4) is 5.75 Å². The Morgan fingerprint density at radius 3 is 2.59 bits per heavy atom. The van der Waals surface area contributed by atoms with Crippen LogP contribution in [0.1, 0.15) is 23.4 Å². The van der Waals surface area contributed by atoms with Crippen molar-refractivity contribution >= 4 is 5.97 Å². The first kappa shape index (κ1) is 13.3. The van der Waals surface area contributed by atoms with E-state index in [1.54, 1.807) is 6.92 Å². The molecule has 0 saturated carbocycles. The average molecular weight is 245 g/mol. The van der Waals surface area contributed by atoms with Crippen LogP contribution in [0.5, 0.6) is 5.75 Å². The molecule has 0 aliphatic heterocycles. The highest BCUT2D eigenvalue weighted by molar-refractivity contribution is 5.73. The van der Waals surface area contributed by atoms with Crippen molar-refractivity contribution in [1.82, 2.24) is 4.98 Å². The highest BCUT2D eigenvalue weighted by atomic mass is 19.3. The van der Waals surface area contributed by atoms with Crippen LogP contribution in [0.25, 0.3) is 0 Å². The fourth-order valence-electron chi connectivity index (χ4n) is 1.50. The molecule has 0 spiro atoms. The van der Waals surface area contributed by atoms with Crippen molar-refractivity contribution in [2.24, 2.45) is 0 Å². The summed E-state index contributed by atoms with van der Waals surface area (Å²) in [4.78, 5) is 14.9. The Bertz CT molecular complexity index is 421. The molecular formula is C11H13F2NO3. The van der Waals surface area contributed by atoms with Crippen LogP contribution in [0.4, 0.5) is 8.78 Å². The van der Waals surface area contributed by atoms with E-state index < -0.39 is 12.4 Å². The minimum atomic E-state index is -2.68. The van der Waals surface area contributed by atoms with Crippen LogP contribution in [-0.2, 0) is 16.0 Å². The number of hydrogen-bond donors (Lipinski definition) is 0. The first-order valence-electron chi connectivity index (χ1n) is 4.89. The number of esters is 1. The van der Waals surface area contributed by atoms with Gasteiger partial charge in [-0.2, -0.15) is 0 Å². The smallest absolute Gasteiger partial charge is 0.310 e. The molecule has 17 heavy (non-hydrogen) atoms. The predicted octanol–water partition coefficient (Wildman–Crippen LogP) is 2.05. The highest BCUT2D eigenvalue weighted by Gasteiger charge is 2.18. The first-order valence-corrected chi connectivity index (χ1v) is 4.89. The van der Waals surface area contributed by atoms with Gasteiger partial charge in [0, 0.05) is 5.56 Å². The number of ether oxygens (including phenoxy) is 2. The van der Waals surface area contributed by atoms with Crippen LogP contribution in [-0.4, -0.2) is 25.2 Å². The van der Waals surface area contributed by atoms with Crippen molar-refractivity contribution < 1.29 is 23.0 Å². The summed E-state index contributed by atoms with van der Waals surface area (Å²) in [7, 11) is 2.63. The fraction of sp³-hybridized carbons (Fsp3) is 0.455. The molecule has 0 atom stereocenters. The molecule has 0 N–H and O–H groups in total. The normalized spacial score (nSPS) is 10.5. The maximum Gasteiger partial charge on any atom is 0.310 e. The third kappa shape index (κ3) is 3.12. The molecule has 0 saturated heterocycles. The van der Waals surface area contributed by atoms with Crippen LogP contribution < -0.4 is 4.74 Å². The Labute approximate surface area is 97.6 Å². The zero-order chi connectivity index (χ0) is 13.0. The van der Waals surface area contributed by atoms with Gasteiger partial charge in [0.15, 0.2) is 0 Å². The van der Waals surface area contributed by atoms with E-state index in [-0.39, 0.29) is 12.1 Å². The number of nitrogens with zero attached hydrogens (tertiary/aromatic N) is 1. The van der Waals surface area contributed by atoms with Crippen molar-refractivity contribution in [3.63, 3.8) is 0 Å². The summed E-state index contributed by atoms with van der Waals surface area (Å²) in [5.74, 6) is -0.186. The number of carbonyl (C=O) groups is 1. The molecule has 0 bridgehead atoms. The second kappa shape index (κ2) is 5.56. The molecule has 1 aromatic heterocycles. The van der Waals surface area contributed by atoms with E-state index in [0.717, 1.165) is 6.07 Å². The number of carbonyl (C=O) groups excluding carboxylic acids is 1. The summed E-state index contributed by atoms with van der Waals surface area (Å²) >= 11 is 0. The lowest BCUT2D eigenvalue weighted by molar-refractivity contribution is -0.139. The quantitative estimate of drug-likeness (QED) is 0.762. The Hall–Kier alpha value is -1.72. The largest absolute Gasteiger partial charge is 0.495 e. The van der Waals surface area contributed by atoms with E-state index in [0.29, 0.717) is 17.0 Å². The zero-order valence-electron chi connectivity index (χ0n) is 9.79. The molecule has 1 aromatic rings. The molecule has 94 valence electrons. The van der Waals surface area contributed by atoms with E-state index in [1.807, 2.05) is 0 Å². The molecule has 0 aromatic carbocycles. The summed E-state index contributed by atoms with van der Waals surface area (Å²) in [6, 6.07) is 1.16. The summed E-state index contributed by atoms with van der Waals surface area (Å²) < 4.78 is 34.7. The molecule has 0 fully saturated rings. The Morgan fingerprint density at radius 1 is 1.47 bits per heavy atom. The lowest BCUT2D eigenvalue weighted by Crippen LogP contribution is -2.08. The topological polar surface area (TPSA) is 48.4 Å². The van der Waals surface area contributed by atoms with Crippen LogP contribution in [0, 0.1) is 6.92 Å². The van der Waals surface area contributed by atoms with Gasteiger partial charge in [-0.3, -0.25) is 4.79 Å². The van der Waals surface area contributed by atoms with Crippen LogP contribution >= 0.6 is 0 Å². The molecule has 1 rings (SSSR count). The van der Waals surface area contributed by atoms with Crippen LogP contribution in [0.2, 0.25) is 0 Å². The van der Waals surface area contributed by atoms with Gasteiger partial charge >= 0.3 is 5.97 Å². The van der Waals surface area contributed by atoms with E-state index in [9.17, 15) is 13.6 Å². The molecule has 1 heterocycles. The summed E-state index contributed by atoms with van der Waals surface area (Å²) in [5, 5.41) is 0. The number of halogens is 2. The van der Waals surface area contributed by atoms with Gasteiger partial charge in [0.05, 0.1) is 26.3 Å². The molecule has 0 unspecified atom stereocenters. The number of alkyl halides is 2. The molecule has 6 heteroatoms. The Morgan fingerprint density at radius 2 is 2.12 bits per heavy atom. The number of methoxy groups -OCH3 is 2. The van der Waals surface area contributed by atoms with Gasteiger partial charge in [-0.1, -0.05) is 0 Å². The van der Waals surface area contributed by atoms with E-state index in [1.165, 1.54) is 14.2 Å². The van der Waals surface area contributed by atoms with Crippen molar-refractivity contribution in [2.45, 2.75) is 19.8 Å². The maximum atomic E-state index is 12.6. The molecule has 0 amide bonds. The van der Waals surface area contributed by atoms with Crippen LogP contribution in [0.15, 0.2) is 6.07 Å². The standard InChI is InChI=1S/C11H13F2NO3/c1-6-10(17-3)7(5-9(15)16-2)4-8(14-6)11(12)13/h4,11H,5H2,1-3H3. The van der Waals surface area contributed by atoms with E-state index in [4.69, 9.17) is 4.74 Å². The van der Waals surface area contributed by atoms with Crippen molar-refractivity contribution in [3.05, 3.63) is 23.0 Å². The fourth-order valence-corrected chi connectivity index (χ4v) is 1.50. The predicted molar refractivity (Wildman–Crippen MR) is 56.2 cm³/mol. The Balaban J connectivity index is 3.19. The number of hydrogen-bond acceptors (Lipinski definition) is 4. The molecule has 0 radical (unpaired) electrons. The van der Waals surface area contributed by atoms with E-state index >= 15 is 0 Å². The van der Waals surface area contributed by atoms with Gasteiger partial charge in [-0.25, -0.2) is 13.8 Å². The van der Waals surface area contributed by atoms with Gasteiger partial charge in [-0.15, -0.1) is 0 Å². The number of rotatable bonds is 4. The monoisotopic (exact) mass is 245 g/mol. The molecular weight excluding hydrogens is 232 g/mol. The SMILES string of the molecule is COC(=O)Cc1cc(C(F)F)nc(C)c1OC. The van der Waals surface area contributed by atoms with Gasteiger partial charge < -0.3 is 9.47 Å². The summed E-state index contributed by atoms with van der Waals surface area (Å²) in [5.41, 5.74) is 0.300. The molecule has 0 aliphatic rings. The lowest BCUT2D eigenvalue weighted by Gasteiger charge is -2.12. The third-order valence-electron chi connectivity index (χ3n) is 2.23. The number of pyridine rings is 1. The molecule has 4 nitrogen and oxygen atoms in total. The van der Waals surface area contributed by atoms with Gasteiger partial charge in [0.25, 0.3) is 6.43 Å². The van der Waals surface area contributed by atoms with Crippen molar-refractivity contribution in [1.29, 1.82) is 0 Å². The average Bonchev–Trinajstić information content (AvgIpc) is 2.28. The van der Waals surface area contributed by atoms with E-state index in [2.05, 4.69) is 9.72 Å². The second-order valence-corrected chi connectivity index (χ2v) is 3.38. The summed E-state index contributed by atoms with van der Waals surface area (Å²) in [6.07, 6.45) is -2.81. The molecule has 0 aliphatic carbocycles. The number of aryl methyl sites for hydroxylation is 1. The number of aromatic nitrogens is 1. The van der Waals surface area contributed by atoms with Crippen LogP contribution in [0.3, 0.4) is 0 Å². The minimum absolute atomic E-state index is 0.122.